The fourth-order valence-corrected chi connectivity index (χ4v) is 2.05. The molecule has 0 amide bonds. The number of nitrogens with zero attached hydrogens (tertiary/aromatic N) is 1. The predicted molar refractivity (Wildman–Crippen MR) is 79.8 cm³/mol. The number of benzene rings is 1. The second-order valence-corrected chi connectivity index (χ2v) is 4.55. The minimum Gasteiger partial charge on any atom is -0.380 e. The van der Waals surface area contributed by atoms with Crippen LogP contribution in [0.25, 0.3) is 0 Å². The zero-order valence-corrected chi connectivity index (χ0v) is 11.9. The quantitative estimate of drug-likeness (QED) is 0.553. The van der Waals surface area contributed by atoms with E-state index in [1.807, 2.05) is 13.0 Å². The lowest BCUT2D eigenvalue weighted by Crippen LogP contribution is -2.14. The van der Waals surface area contributed by atoms with E-state index in [1.165, 1.54) is 0 Å². The number of rotatable bonds is 8. The molecule has 0 heterocycles. The second kappa shape index (κ2) is 7.61. The van der Waals surface area contributed by atoms with Crippen molar-refractivity contribution in [2.45, 2.75) is 33.6 Å². The van der Waals surface area contributed by atoms with Crippen LogP contribution in [0.3, 0.4) is 0 Å². The van der Waals surface area contributed by atoms with Gasteiger partial charge in [0.2, 0.25) is 0 Å². The van der Waals surface area contributed by atoms with Crippen molar-refractivity contribution >= 4 is 17.1 Å². The molecule has 1 rings (SSSR count). The monoisotopic (exact) mass is 265 g/mol. The lowest BCUT2D eigenvalue weighted by atomic mass is 10.0. The zero-order valence-electron chi connectivity index (χ0n) is 11.9. The summed E-state index contributed by atoms with van der Waals surface area (Å²) in [5, 5.41) is 17.5. The summed E-state index contributed by atoms with van der Waals surface area (Å²) in [5.74, 6) is 0.544. The highest BCUT2D eigenvalue weighted by Gasteiger charge is 2.19. The molecule has 0 spiro atoms. The van der Waals surface area contributed by atoms with Crippen LogP contribution in [0.2, 0.25) is 0 Å². The highest BCUT2D eigenvalue weighted by Crippen LogP contribution is 2.32. The van der Waals surface area contributed by atoms with Gasteiger partial charge in [-0.3, -0.25) is 10.1 Å². The third-order valence-corrected chi connectivity index (χ3v) is 3.32. The first-order valence-electron chi connectivity index (χ1n) is 6.89. The van der Waals surface area contributed by atoms with Gasteiger partial charge < -0.3 is 10.6 Å². The molecule has 0 aliphatic rings. The maximum absolute atomic E-state index is 11.2. The third kappa shape index (κ3) is 4.12. The van der Waals surface area contributed by atoms with Gasteiger partial charge in [0.1, 0.15) is 11.4 Å². The van der Waals surface area contributed by atoms with Crippen LogP contribution in [0.1, 0.15) is 33.6 Å². The van der Waals surface area contributed by atoms with E-state index in [0.717, 1.165) is 19.4 Å². The van der Waals surface area contributed by atoms with E-state index in [0.29, 0.717) is 23.8 Å². The van der Waals surface area contributed by atoms with Crippen LogP contribution >= 0.6 is 0 Å². The van der Waals surface area contributed by atoms with Crippen molar-refractivity contribution in [3.05, 3.63) is 28.3 Å². The van der Waals surface area contributed by atoms with Crippen molar-refractivity contribution in [1.29, 1.82) is 0 Å². The van der Waals surface area contributed by atoms with Gasteiger partial charge >= 0.3 is 5.69 Å². The maximum atomic E-state index is 11.2. The number of nitro benzene ring substituents is 1. The number of hydrogen-bond donors (Lipinski definition) is 2. The molecule has 2 N–H and O–H groups in total. The average molecular weight is 265 g/mol. The van der Waals surface area contributed by atoms with E-state index in [4.69, 9.17) is 0 Å². The molecule has 0 unspecified atom stereocenters. The zero-order chi connectivity index (χ0) is 14.3. The molecule has 0 saturated carbocycles. The average Bonchev–Trinajstić information content (AvgIpc) is 2.40. The van der Waals surface area contributed by atoms with E-state index in [-0.39, 0.29) is 10.6 Å². The Labute approximate surface area is 114 Å². The number of nitro groups is 1. The van der Waals surface area contributed by atoms with E-state index in [1.54, 1.807) is 12.1 Å². The van der Waals surface area contributed by atoms with Gasteiger partial charge in [-0.25, -0.2) is 0 Å². The van der Waals surface area contributed by atoms with Gasteiger partial charge in [0, 0.05) is 13.1 Å². The van der Waals surface area contributed by atoms with Gasteiger partial charge in [0.15, 0.2) is 0 Å². The van der Waals surface area contributed by atoms with E-state index < -0.39 is 0 Å². The minimum atomic E-state index is -0.326. The van der Waals surface area contributed by atoms with Crippen molar-refractivity contribution in [3.8, 4) is 0 Å². The molecule has 1 aromatic carbocycles. The minimum absolute atomic E-state index is 0.135. The second-order valence-electron chi connectivity index (χ2n) is 4.55. The van der Waals surface area contributed by atoms with Crippen LogP contribution in [-0.2, 0) is 0 Å². The summed E-state index contributed by atoms with van der Waals surface area (Å²) >= 11 is 0. The first-order valence-corrected chi connectivity index (χ1v) is 6.89. The standard InChI is InChI=1S/C14H23N3O2/c1-4-11(5-2)10-16-13-9-7-8-12(15-6-3)14(13)17(18)19/h7-9,11,15-16H,4-6,10H2,1-3H3. The SMILES string of the molecule is CCNc1cccc(NCC(CC)CC)c1[N+](=O)[O-]. The molecule has 0 atom stereocenters. The summed E-state index contributed by atoms with van der Waals surface area (Å²) in [5.41, 5.74) is 1.30. The van der Waals surface area contributed by atoms with Crippen LogP contribution in [0.15, 0.2) is 18.2 Å². The lowest BCUT2D eigenvalue weighted by molar-refractivity contribution is -0.383. The molecule has 1 aromatic rings. The van der Waals surface area contributed by atoms with Crippen LogP contribution in [-0.4, -0.2) is 18.0 Å². The first-order chi connectivity index (χ1) is 9.13. The molecule has 0 aliphatic carbocycles. The topological polar surface area (TPSA) is 67.2 Å². The van der Waals surface area contributed by atoms with Gasteiger partial charge in [0.25, 0.3) is 0 Å². The molecule has 19 heavy (non-hydrogen) atoms. The highest BCUT2D eigenvalue weighted by atomic mass is 16.6. The summed E-state index contributed by atoms with van der Waals surface area (Å²) in [4.78, 5) is 10.9. The fraction of sp³-hybridized carbons (Fsp3) is 0.571. The van der Waals surface area contributed by atoms with Crippen molar-refractivity contribution in [2.75, 3.05) is 23.7 Å². The Morgan fingerprint density at radius 2 is 1.74 bits per heavy atom. The molecule has 106 valence electrons. The van der Waals surface area contributed by atoms with Gasteiger partial charge in [0.05, 0.1) is 4.92 Å². The van der Waals surface area contributed by atoms with Gasteiger partial charge in [-0.1, -0.05) is 32.8 Å². The number of hydrogen-bond acceptors (Lipinski definition) is 4. The highest BCUT2D eigenvalue weighted by molar-refractivity contribution is 5.76. The number of nitrogens with one attached hydrogen (secondary N) is 2. The lowest BCUT2D eigenvalue weighted by Gasteiger charge is -2.15. The normalized spacial score (nSPS) is 10.5. The summed E-state index contributed by atoms with van der Waals surface area (Å²) in [6.45, 7) is 7.63. The smallest absolute Gasteiger partial charge is 0.315 e. The molecular weight excluding hydrogens is 242 g/mol. The van der Waals surface area contributed by atoms with E-state index >= 15 is 0 Å². The van der Waals surface area contributed by atoms with Crippen molar-refractivity contribution in [2.24, 2.45) is 5.92 Å². The molecule has 0 aliphatic heterocycles. The Balaban J connectivity index is 2.93. The Hall–Kier alpha value is -1.78. The Morgan fingerprint density at radius 1 is 1.16 bits per heavy atom. The van der Waals surface area contributed by atoms with Crippen molar-refractivity contribution in [1.82, 2.24) is 0 Å². The molecule has 5 heteroatoms. The van der Waals surface area contributed by atoms with Crippen LogP contribution in [0, 0.1) is 16.0 Å². The van der Waals surface area contributed by atoms with E-state index in [9.17, 15) is 10.1 Å². The van der Waals surface area contributed by atoms with Crippen LogP contribution in [0.5, 0.6) is 0 Å². The molecule has 0 fully saturated rings. The van der Waals surface area contributed by atoms with Crippen molar-refractivity contribution in [3.63, 3.8) is 0 Å². The molecule has 0 saturated heterocycles. The third-order valence-electron chi connectivity index (χ3n) is 3.32. The summed E-state index contributed by atoms with van der Waals surface area (Å²) < 4.78 is 0. The molecule has 0 radical (unpaired) electrons. The molecule has 5 nitrogen and oxygen atoms in total. The first kappa shape index (κ1) is 15.3. The Morgan fingerprint density at radius 3 is 2.21 bits per heavy atom. The summed E-state index contributed by atoms with van der Waals surface area (Å²) in [6.07, 6.45) is 2.15. The fourth-order valence-electron chi connectivity index (χ4n) is 2.05. The van der Waals surface area contributed by atoms with Gasteiger partial charge in [-0.2, -0.15) is 0 Å². The van der Waals surface area contributed by atoms with Gasteiger partial charge in [-0.05, 0) is 25.0 Å². The molecular formula is C14H23N3O2. The van der Waals surface area contributed by atoms with Crippen LogP contribution < -0.4 is 10.6 Å². The number of para-hydroxylation sites is 1. The van der Waals surface area contributed by atoms with Gasteiger partial charge in [-0.15, -0.1) is 0 Å². The predicted octanol–water partition coefficient (Wildman–Crippen LogP) is 3.87. The molecule has 0 bridgehead atoms. The number of anilines is 2. The largest absolute Gasteiger partial charge is 0.380 e. The summed E-state index contributed by atoms with van der Waals surface area (Å²) in [6, 6.07) is 5.34. The van der Waals surface area contributed by atoms with Crippen LogP contribution in [0.4, 0.5) is 17.1 Å². The molecule has 0 aromatic heterocycles. The van der Waals surface area contributed by atoms with E-state index in [2.05, 4.69) is 24.5 Å². The Bertz CT molecular complexity index is 417. The Kier molecular flexibility index (Phi) is 6.12. The van der Waals surface area contributed by atoms with Crippen molar-refractivity contribution < 1.29 is 4.92 Å². The summed E-state index contributed by atoms with van der Waals surface area (Å²) in [7, 11) is 0. The maximum Gasteiger partial charge on any atom is 0.315 e.